The van der Waals surface area contributed by atoms with Gasteiger partial charge < -0.3 is 15.0 Å². The molecule has 1 fully saturated rings. The van der Waals surface area contributed by atoms with E-state index < -0.39 is 5.60 Å². The van der Waals surface area contributed by atoms with E-state index in [1.54, 1.807) is 0 Å². The summed E-state index contributed by atoms with van der Waals surface area (Å²) in [5, 5.41) is 3.51. The Bertz CT molecular complexity index is 528. The number of rotatable bonds is 5. The summed E-state index contributed by atoms with van der Waals surface area (Å²) in [4.78, 5) is 13.9. The van der Waals surface area contributed by atoms with Crippen LogP contribution in [0.1, 0.15) is 32.8 Å². The Morgan fingerprint density at radius 3 is 2.83 bits per heavy atom. The smallest absolute Gasteiger partial charge is 0.410 e. The molecule has 1 atom stereocenters. The molecule has 1 N–H and O–H groups in total. The van der Waals surface area contributed by atoms with Crippen molar-refractivity contribution in [1.29, 1.82) is 0 Å². The third-order valence-corrected chi connectivity index (χ3v) is 4.67. The normalized spacial score (nSPS) is 18.3. The molecule has 0 spiro atoms. The maximum absolute atomic E-state index is 12.0. The lowest BCUT2D eigenvalue weighted by Crippen LogP contribution is -2.36. The lowest BCUT2D eigenvalue weighted by Gasteiger charge is -2.24. The molecular formula is C18H27BrN2O2. The first-order valence-electron chi connectivity index (χ1n) is 8.27. The average molecular weight is 383 g/mol. The van der Waals surface area contributed by atoms with E-state index in [-0.39, 0.29) is 6.09 Å². The Kier molecular flexibility index (Phi) is 6.48. The third-order valence-electron chi connectivity index (χ3n) is 3.90. The van der Waals surface area contributed by atoms with E-state index in [9.17, 15) is 4.79 Å². The first kappa shape index (κ1) is 18.3. The van der Waals surface area contributed by atoms with E-state index in [1.807, 2.05) is 31.7 Å². The fourth-order valence-corrected chi connectivity index (χ4v) is 3.20. The van der Waals surface area contributed by atoms with Crippen molar-refractivity contribution < 1.29 is 9.53 Å². The van der Waals surface area contributed by atoms with Gasteiger partial charge in [0.2, 0.25) is 0 Å². The predicted molar refractivity (Wildman–Crippen MR) is 96.6 cm³/mol. The van der Waals surface area contributed by atoms with Crippen molar-refractivity contribution in [3.8, 4) is 0 Å². The lowest BCUT2D eigenvalue weighted by molar-refractivity contribution is 0.0288. The number of nitrogens with one attached hydrogen (secondary N) is 1. The van der Waals surface area contributed by atoms with Crippen molar-refractivity contribution in [2.24, 2.45) is 5.92 Å². The van der Waals surface area contributed by atoms with Gasteiger partial charge in [-0.1, -0.05) is 34.1 Å². The number of carbonyl (C=O) groups is 1. The van der Waals surface area contributed by atoms with Crippen molar-refractivity contribution in [3.05, 3.63) is 34.3 Å². The van der Waals surface area contributed by atoms with Gasteiger partial charge in [0, 0.05) is 17.6 Å². The zero-order valence-corrected chi connectivity index (χ0v) is 15.9. The van der Waals surface area contributed by atoms with Crippen LogP contribution >= 0.6 is 15.9 Å². The van der Waals surface area contributed by atoms with Crippen LogP contribution in [-0.4, -0.2) is 42.8 Å². The van der Waals surface area contributed by atoms with Gasteiger partial charge in [0.15, 0.2) is 0 Å². The molecule has 0 aromatic heterocycles. The molecule has 1 heterocycles. The summed E-state index contributed by atoms with van der Waals surface area (Å²) in [5.41, 5.74) is 0.901. The van der Waals surface area contributed by atoms with Gasteiger partial charge >= 0.3 is 6.09 Å². The van der Waals surface area contributed by atoms with Gasteiger partial charge in [-0.15, -0.1) is 0 Å². The minimum absolute atomic E-state index is 0.187. The molecular weight excluding hydrogens is 356 g/mol. The average Bonchev–Trinajstić information content (AvgIpc) is 2.92. The standard InChI is InChI=1S/C18H27BrN2O2/c1-18(2,3)23-17(22)21-11-9-14(13-21)12-20-10-8-15-6-4-5-7-16(15)19/h4-7,14,20H,8-13H2,1-3H3/t14-/m0/s1. The molecule has 0 unspecified atom stereocenters. The Labute approximate surface area is 147 Å². The van der Waals surface area contributed by atoms with E-state index in [0.29, 0.717) is 5.92 Å². The summed E-state index contributed by atoms with van der Waals surface area (Å²) >= 11 is 3.58. The maximum Gasteiger partial charge on any atom is 0.410 e. The van der Waals surface area contributed by atoms with Crippen LogP contribution in [0.5, 0.6) is 0 Å². The molecule has 0 saturated carbocycles. The zero-order valence-electron chi connectivity index (χ0n) is 14.3. The quantitative estimate of drug-likeness (QED) is 0.786. The number of hydrogen-bond acceptors (Lipinski definition) is 3. The van der Waals surface area contributed by atoms with Crippen molar-refractivity contribution in [1.82, 2.24) is 10.2 Å². The van der Waals surface area contributed by atoms with Crippen molar-refractivity contribution in [3.63, 3.8) is 0 Å². The molecule has 4 nitrogen and oxygen atoms in total. The number of amides is 1. The number of benzene rings is 1. The van der Waals surface area contributed by atoms with Crippen LogP contribution in [0.25, 0.3) is 0 Å². The fraction of sp³-hybridized carbons (Fsp3) is 0.611. The third kappa shape index (κ3) is 6.15. The van der Waals surface area contributed by atoms with Crippen LogP contribution in [0.2, 0.25) is 0 Å². The molecule has 2 rings (SSSR count). The molecule has 1 aromatic rings. The molecule has 1 aliphatic rings. The van der Waals surface area contributed by atoms with Crippen LogP contribution in [-0.2, 0) is 11.2 Å². The van der Waals surface area contributed by atoms with Crippen molar-refractivity contribution in [2.45, 2.75) is 39.2 Å². The summed E-state index contributed by atoms with van der Waals surface area (Å²) in [6, 6.07) is 8.32. The molecule has 1 amide bonds. The minimum atomic E-state index is -0.420. The SMILES string of the molecule is CC(C)(C)OC(=O)N1CC[C@@H](CNCCc2ccccc2Br)C1. The van der Waals surface area contributed by atoms with Gasteiger partial charge in [-0.2, -0.15) is 0 Å². The highest BCUT2D eigenvalue weighted by atomic mass is 79.9. The van der Waals surface area contributed by atoms with Crippen LogP contribution in [0.15, 0.2) is 28.7 Å². The number of halogens is 1. The molecule has 0 bridgehead atoms. The topological polar surface area (TPSA) is 41.6 Å². The maximum atomic E-state index is 12.0. The van der Waals surface area contributed by atoms with Gasteiger partial charge in [0.25, 0.3) is 0 Å². The molecule has 0 aliphatic carbocycles. The summed E-state index contributed by atoms with van der Waals surface area (Å²) < 4.78 is 6.59. The Morgan fingerprint density at radius 1 is 1.39 bits per heavy atom. The fourth-order valence-electron chi connectivity index (χ4n) is 2.72. The largest absolute Gasteiger partial charge is 0.444 e. The van der Waals surface area contributed by atoms with E-state index in [0.717, 1.165) is 39.0 Å². The van der Waals surface area contributed by atoms with E-state index in [4.69, 9.17) is 4.74 Å². The Balaban J connectivity index is 1.66. The summed E-state index contributed by atoms with van der Waals surface area (Å²) in [7, 11) is 0. The van der Waals surface area contributed by atoms with Crippen LogP contribution < -0.4 is 5.32 Å². The van der Waals surface area contributed by atoms with Gasteiger partial charge in [0.1, 0.15) is 5.60 Å². The minimum Gasteiger partial charge on any atom is -0.444 e. The number of likely N-dealkylation sites (tertiary alicyclic amines) is 1. The van der Waals surface area contributed by atoms with E-state index in [2.05, 4.69) is 39.4 Å². The highest BCUT2D eigenvalue weighted by molar-refractivity contribution is 9.10. The monoisotopic (exact) mass is 382 g/mol. The number of nitrogens with zero attached hydrogens (tertiary/aromatic N) is 1. The number of hydrogen-bond donors (Lipinski definition) is 1. The van der Waals surface area contributed by atoms with Gasteiger partial charge in [-0.25, -0.2) is 4.79 Å². The second-order valence-corrected chi connectivity index (χ2v) is 7.98. The number of ether oxygens (including phenoxy) is 1. The summed E-state index contributed by atoms with van der Waals surface area (Å²) in [6.07, 6.45) is 1.86. The van der Waals surface area contributed by atoms with Crippen LogP contribution in [0.4, 0.5) is 4.79 Å². The molecule has 1 aliphatic heterocycles. The van der Waals surface area contributed by atoms with Gasteiger partial charge in [-0.3, -0.25) is 0 Å². The molecule has 0 radical (unpaired) electrons. The number of carbonyl (C=O) groups excluding carboxylic acids is 1. The van der Waals surface area contributed by atoms with Crippen molar-refractivity contribution >= 4 is 22.0 Å². The molecule has 1 saturated heterocycles. The first-order valence-corrected chi connectivity index (χ1v) is 9.06. The zero-order chi connectivity index (χ0) is 16.9. The highest BCUT2D eigenvalue weighted by Crippen LogP contribution is 2.19. The Morgan fingerprint density at radius 2 is 2.13 bits per heavy atom. The first-order chi connectivity index (χ1) is 10.8. The van der Waals surface area contributed by atoms with E-state index >= 15 is 0 Å². The lowest BCUT2D eigenvalue weighted by atomic mass is 10.1. The molecule has 128 valence electrons. The second kappa shape index (κ2) is 8.15. The summed E-state index contributed by atoms with van der Waals surface area (Å²) in [6.45, 7) is 9.20. The van der Waals surface area contributed by atoms with Gasteiger partial charge in [0.05, 0.1) is 0 Å². The van der Waals surface area contributed by atoms with Crippen molar-refractivity contribution in [2.75, 3.05) is 26.2 Å². The van der Waals surface area contributed by atoms with E-state index in [1.165, 1.54) is 10.0 Å². The summed E-state index contributed by atoms with van der Waals surface area (Å²) in [5.74, 6) is 0.515. The van der Waals surface area contributed by atoms with Gasteiger partial charge in [-0.05, 0) is 64.3 Å². The second-order valence-electron chi connectivity index (χ2n) is 7.13. The predicted octanol–water partition coefficient (Wildman–Crippen LogP) is 3.84. The molecule has 23 heavy (non-hydrogen) atoms. The molecule has 1 aromatic carbocycles. The highest BCUT2D eigenvalue weighted by Gasteiger charge is 2.29. The molecule has 5 heteroatoms. The Hall–Kier alpha value is -1.07. The van der Waals surface area contributed by atoms with Crippen LogP contribution in [0.3, 0.4) is 0 Å². The van der Waals surface area contributed by atoms with Crippen LogP contribution in [0, 0.1) is 5.92 Å².